The van der Waals surface area contributed by atoms with E-state index in [-0.39, 0.29) is 0 Å². The summed E-state index contributed by atoms with van der Waals surface area (Å²) in [7, 11) is 3.85. The van der Waals surface area contributed by atoms with Gasteiger partial charge in [-0.25, -0.2) is 9.97 Å². The van der Waals surface area contributed by atoms with Crippen LogP contribution in [0.3, 0.4) is 0 Å². The van der Waals surface area contributed by atoms with Crippen LogP contribution in [0.4, 0.5) is 5.95 Å². The van der Waals surface area contributed by atoms with Crippen molar-refractivity contribution in [2.45, 2.75) is 0 Å². The molecule has 6 heteroatoms. The number of rotatable bonds is 1. The maximum Gasteiger partial charge on any atom is 0.201 e. The fourth-order valence-corrected chi connectivity index (χ4v) is 2.46. The topological polar surface area (TPSA) is 61.7 Å². The standard InChI is InChI=1S/C12H12BrN5/c1-17-6-15-8-5-7(3-4-9(8)17)10-11(13)18(2)12(14)16-10/h3-6H,1-2H3,(H2,14,16). The van der Waals surface area contributed by atoms with Gasteiger partial charge in [-0.3, -0.25) is 0 Å². The van der Waals surface area contributed by atoms with Gasteiger partial charge in [0.05, 0.1) is 17.4 Å². The smallest absolute Gasteiger partial charge is 0.201 e. The SMILES string of the molecule is Cn1c(N)nc(-c2ccc3c(c2)ncn3C)c1Br. The summed E-state index contributed by atoms with van der Waals surface area (Å²) >= 11 is 3.50. The first-order chi connectivity index (χ1) is 8.58. The van der Waals surface area contributed by atoms with Gasteiger partial charge >= 0.3 is 0 Å². The van der Waals surface area contributed by atoms with Gasteiger partial charge in [-0.15, -0.1) is 0 Å². The Hall–Kier alpha value is -1.82. The quantitative estimate of drug-likeness (QED) is 0.750. The van der Waals surface area contributed by atoms with Gasteiger partial charge in [-0.2, -0.15) is 0 Å². The molecule has 0 aliphatic heterocycles. The molecule has 3 rings (SSSR count). The Morgan fingerprint density at radius 2 is 2.06 bits per heavy atom. The zero-order chi connectivity index (χ0) is 12.9. The van der Waals surface area contributed by atoms with Crippen LogP contribution in [0, 0.1) is 0 Å². The first kappa shape index (κ1) is 11.3. The van der Waals surface area contributed by atoms with Crippen molar-refractivity contribution in [1.82, 2.24) is 19.1 Å². The summed E-state index contributed by atoms with van der Waals surface area (Å²) in [6.45, 7) is 0. The third-order valence-corrected chi connectivity index (χ3v) is 3.97. The Kier molecular flexibility index (Phi) is 2.41. The predicted octanol–water partition coefficient (Wildman–Crippen LogP) is 2.32. The minimum absolute atomic E-state index is 0.484. The molecule has 0 saturated heterocycles. The Morgan fingerprint density at radius 1 is 1.28 bits per heavy atom. The molecule has 5 nitrogen and oxygen atoms in total. The molecule has 3 aromatic rings. The number of aryl methyl sites for hydroxylation is 1. The Labute approximate surface area is 112 Å². The lowest BCUT2D eigenvalue weighted by Crippen LogP contribution is -1.96. The third-order valence-electron chi connectivity index (χ3n) is 3.06. The van der Waals surface area contributed by atoms with E-state index < -0.39 is 0 Å². The molecular formula is C12H12BrN5. The normalized spacial score (nSPS) is 11.3. The molecular weight excluding hydrogens is 294 g/mol. The summed E-state index contributed by atoms with van der Waals surface area (Å²) in [6, 6.07) is 6.08. The summed E-state index contributed by atoms with van der Waals surface area (Å²) < 4.78 is 4.66. The molecule has 0 unspecified atom stereocenters. The second-order valence-corrected chi connectivity index (χ2v) is 4.98. The molecule has 0 amide bonds. The van der Waals surface area contributed by atoms with Gasteiger partial charge in [-0.1, -0.05) is 6.07 Å². The number of nitrogens with two attached hydrogens (primary N) is 1. The van der Waals surface area contributed by atoms with Gasteiger partial charge in [0.1, 0.15) is 10.3 Å². The zero-order valence-electron chi connectivity index (χ0n) is 10.1. The van der Waals surface area contributed by atoms with Gasteiger partial charge in [-0.05, 0) is 28.1 Å². The van der Waals surface area contributed by atoms with Gasteiger partial charge < -0.3 is 14.9 Å². The number of hydrogen-bond acceptors (Lipinski definition) is 3. The first-order valence-corrected chi connectivity index (χ1v) is 6.26. The highest BCUT2D eigenvalue weighted by molar-refractivity contribution is 9.10. The van der Waals surface area contributed by atoms with Crippen molar-refractivity contribution in [2.24, 2.45) is 14.1 Å². The van der Waals surface area contributed by atoms with Crippen LogP contribution >= 0.6 is 15.9 Å². The Morgan fingerprint density at radius 3 is 2.72 bits per heavy atom. The molecule has 0 radical (unpaired) electrons. The molecule has 0 spiro atoms. The Bertz CT molecular complexity index is 740. The second-order valence-electron chi connectivity index (χ2n) is 4.23. The van der Waals surface area contributed by atoms with Crippen molar-refractivity contribution in [3.05, 3.63) is 29.1 Å². The van der Waals surface area contributed by atoms with Crippen molar-refractivity contribution in [3.8, 4) is 11.3 Å². The van der Waals surface area contributed by atoms with Crippen LogP contribution < -0.4 is 5.73 Å². The minimum Gasteiger partial charge on any atom is -0.369 e. The van der Waals surface area contributed by atoms with E-state index in [1.165, 1.54) is 0 Å². The van der Waals surface area contributed by atoms with Gasteiger partial charge in [0.15, 0.2) is 0 Å². The highest BCUT2D eigenvalue weighted by Gasteiger charge is 2.13. The van der Waals surface area contributed by atoms with Crippen molar-refractivity contribution < 1.29 is 0 Å². The average molecular weight is 306 g/mol. The van der Waals surface area contributed by atoms with Crippen LogP contribution in [0.5, 0.6) is 0 Å². The number of anilines is 1. The van der Waals surface area contributed by atoms with Gasteiger partial charge in [0, 0.05) is 19.7 Å². The van der Waals surface area contributed by atoms with Gasteiger partial charge in [0.25, 0.3) is 0 Å². The number of nitrogens with zero attached hydrogens (tertiary/aromatic N) is 4. The van der Waals surface area contributed by atoms with Crippen molar-refractivity contribution in [2.75, 3.05) is 5.73 Å². The molecule has 0 saturated carbocycles. The molecule has 0 bridgehead atoms. The fourth-order valence-electron chi connectivity index (χ4n) is 1.96. The Balaban J connectivity index is 2.22. The number of nitrogen functional groups attached to an aromatic ring is 1. The van der Waals surface area contributed by atoms with E-state index in [9.17, 15) is 0 Å². The number of hydrogen-bond donors (Lipinski definition) is 1. The molecule has 2 heterocycles. The largest absolute Gasteiger partial charge is 0.369 e. The van der Waals surface area contributed by atoms with E-state index in [1.807, 2.05) is 36.9 Å². The monoisotopic (exact) mass is 305 g/mol. The van der Waals surface area contributed by atoms with Crippen LogP contribution in [0.1, 0.15) is 0 Å². The van der Waals surface area contributed by atoms with Crippen LogP contribution in [0.2, 0.25) is 0 Å². The summed E-state index contributed by atoms with van der Waals surface area (Å²) in [5.41, 5.74) is 9.68. The van der Waals surface area contributed by atoms with Crippen LogP contribution in [0.25, 0.3) is 22.3 Å². The highest BCUT2D eigenvalue weighted by Crippen LogP contribution is 2.30. The fraction of sp³-hybridized carbons (Fsp3) is 0.167. The summed E-state index contributed by atoms with van der Waals surface area (Å²) in [5.74, 6) is 0.484. The third kappa shape index (κ3) is 1.53. The lowest BCUT2D eigenvalue weighted by atomic mass is 10.1. The molecule has 2 aromatic heterocycles. The lowest BCUT2D eigenvalue weighted by Gasteiger charge is -2.00. The maximum atomic E-state index is 5.80. The average Bonchev–Trinajstić information content (AvgIpc) is 2.85. The van der Waals surface area contributed by atoms with E-state index in [0.29, 0.717) is 5.95 Å². The van der Waals surface area contributed by atoms with Crippen LogP contribution in [-0.4, -0.2) is 19.1 Å². The van der Waals surface area contributed by atoms with Crippen molar-refractivity contribution in [1.29, 1.82) is 0 Å². The number of halogens is 1. The molecule has 2 N–H and O–H groups in total. The first-order valence-electron chi connectivity index (χ1n) is 5.47. The number of aromatic nitrogens is 4. The van der Waals surface area contributed by atoms with E-state index in [0.717, 1.165) is 26.9 Å². The van der Waals surface area contributed by atoms with E-state index >= 15 is 0 Å². The highest BCUT2D eigenvalue weighted by atomic mass is 79.9. The molecule has 0 fully saturated rings. The molecule has 1 aromatic carbocycles. The lowest BCUT2D eigenvalue weighted by molar-refractivity contribution is 0.907. The zero-order valence-corrected chi connectivity index (χ0v) is 11.6. The minimum atomic E-state index is 0.484. The van der Waals surface area contributed by atoms with Crippen molar-refractivity contribution >= 4 is 32.9 Å². The molecule has 0 atom stereocenters. The van der Waals surface area contributed by atoms with E-state index in [1.54, 1.807) is 10.9 Å². The number of imidazole rings is 2. The molecule has 18 heavy (non-hydrogen) atoms. The summed E-state index contributed by atoms with van der Waals surface area (Å²) in [6.07, 6.45) is 1.80. The molecule has 0 aliphatic carbocycles. The number of benzene rings is 1. The summed E-state index contributed by atoms with van der Waals surface area (Å²) in [4.78, 5) is 8.70. The second kappa shape index (κ2) is 3.84. The van der Waals surface area contributed by atoms with E-state index in [4.69, 9.17) is 5.73 Å². The molecule has 0 aliphatic rings. The maximum absolute atomic E-state index is 5.80. The van der Waals surface area contributed by atoms with Gasteiger partial charge in [0.2, 0.25) is 5.95 Å². The summed E-state index contributed by atoms with van der Waals surface area (Å²) in [5, 5.41) is 0. The van der Waals surface area contributed by atoms with Crippen LogP contribution in [-0.2, 0) is 14.1 Å². The number of fused-ring (bicyclic) bond motifs is 1. The van der Waals surface area contributed by atoms with E-state index in [2.05, 4.69) is 25.9 Å². The van der Waals surface area contributed by atoms with Crippen molar-refractivity contribution in [3.63, 3.8) is 0 Å². The molecule has 92 valence electrons. The van der Waals surface area contributed by atoms with Crippen LogP contribution in [0.15, 0.2) is 29.1 Å². The predicted molar refractivity (Wildman–Crippen MR) is 75.0 cm³/mol.